The summed E-state index contributed by atoms with van der Waals surface area (Å²) in [7, 11) is -1.69. The van der Waals surface area contributed by atoms with Gasteiger partial charge < -0.3 is 9.64 Å². The highest BCUT2D eigenvalue weighted by atomic mass is 32.2. The molecule has 3 rings (SSSR count). The number of benzene rings is 1. The van der Waals surface area contributed by atoms with Crippen molar-refractivity contribution in [3.63, 3.8) is 0 Å². The fourth-order valence-electron chi connectivity index (χ4n) is 2.77. The second-order valence-electron chi connectivity index (χ2n) is 5.65. The number of hydrogen-bond acceptors (Lipinski definition) is 5. The minimum absolute atomic E-state index is 0.277. The number of fused-ring (bicyclic) bond motifs is 1. The maximum atomic E-state index is 13.1. The van der Waals surface area contributed by atoms with E-state index >= 15 is 0 Å². The number of pyridine rings is 1. The van der Waals surface area contributed by atoms with Gasteiger partial charge in [0.15, 0.2) is 0 Å². The van der Waals surface area contributed by atoms with Gasteiger partial charge in [0.1, 0.15) is 0 Å². The van der Waals surface area contributed by atoms with Crippen LogP contribution in [0.1, 0.15) is 12.5 Å². The molecule has 0 fully saturated rings. The van der Waals surface area contributed by atoms with Crippen LogP contribution in [-0.2, 0) is 21.4 Å². The number of sulfonamides is 1. The smallest absolute Gasteiger partial charge is 0.264 e. The van der Waals surface area contributed by atoms with E-state index in [1.807, 2.05) is 31.0 Å². The predicted molar refractivity (Wildman–Crippen MR) is 93.8 cm³/mol. The highest BCUT2D eigenvalue weighted by Gasteiger charge is 2.31. The van der Waals surface area contributed by atoms with E-state index in [0.717, 1.165) is 11.3 Å². The van der Waals surface area contributed by atoms with Gasteiger partial charge in [-0.15, -0.1) is 0 Å². The molecule has 0 spiro atoms. The first-order valence-corrected chi connectivity index (χ1v) is 9.32. The van der Waals surface area contributed by atoms with Crippen LogP contribution in [0.15, 0.2) is 47.6 Å². The van der Waals surface area contributed by atoms with E-state index in [1.165, 1.54) is 4.31 Å². The standard InChI is InChI=1S/C17H21N3O3S/c1-3-23-13-14-5-4-6-15(11-14)24(21,22)20-10-9-19(2)16-7-8-18-12-17(16)20/h4-8,11-12H,3,9-10,13H2,1-2H3. The largest absolute Gasteiger partial charge is 0.377 e. The van der Waals surface area contributed by atoms with Crippen molar-refractivity contribution in [3.05, 3.63) is 48.3 Å². The Morgan fingerprint density at radius 1 is 1.21 bits per heavy atom. The molecule has 1 aromatic heterocycles. The molecule has 0 saturated heterocycles. The third-order valence-corrected chi connectivity index (χ3v) is 5.86. The molecule has 2 aromatic rings. The Balaban J connectivity index is 1.98. The molecule has 2 heterocycles. The minimum Gasteiger partial charge on any atom is -0.377 e. The van der Waals surface area contributed by atoms with Crippen LogP contribution in [-0.4, -0.2) is 40.1 Å². The Morgan fingerprint density at radius 3 is 2.83 bits per heavy atom. The molecule has 0 amide bonds. The van der Waals surface area contributed by atoms with Gasteiger partial charge in [0.2, 0.25) is 0 Å². The van der Waals surface area contributed by atoms with Crippen molar-refractivity contribution in [2.75, 3.05) is 35.9 Å². The fraction of sp³-hybridized carbons (Fsp3) is 0.353. The molecule has 128 valence electrons. The number of aromatic nitrogens is 1. The minimum atomic E-state index is -3.64. The third kappa shape index (κ3) is 3.09. The van der Waals surface area contributed by atoms with Gasteiger partial charge in [0.05, 0.1) is 35.6 Å². The van der Waals surface area contributed by atoms with Crippen LogP contribution >= 0.6 is 0 Å². The lowest BCUT2D eigenvalue weighted by molar-refractivity contribution is 0.134. The van der Waals surface area contributed by atoms with Gasteiger partial charge in [-0.05, 0) is 30.7 Å². The number of hydrogen-bond donors (Lipinski definition) is 0. The number of rotatable bonds is 5. The van der Waals surface area contributed by atoms with Gasteiger partial charge in [0.25, 0.3) is 10.0 Å². The van der Waals surface area contributed by atoms with Crippen molar-refractivity contribution in [1.82, 2.24) is 4.98 Å². The summed E-state index contributed by atoms with van der Waals surface area (Å²) in [6, 6.07) is 8.76. The molecule has 0 N–H and O–H groups in total. The van der Waals surface area contributed by atoms with Crippen LogP contribution in [0.2, 0.25) is 0 Å². The molecule has 7 heteroatoms. The molecule has 0 unspecified atom stereocenters. The number of likely N-dealkylation sites (N-methyl/N-ethyl adjacent to an activating group) is 1. The second kappa shape index (κ2) is 6.78. The zero-order chi connectivity index (χ0) is 17.2. The van der Waals surface area contributed by atoms with Crippen LogP contribution in [0.4, 0.5) is 11.4 Å². The van der Waals surface area contributed by atoms with E-state index < -0.39 is 10.0 Å². The summed E-state index contributed by atoms with van der Waals surface area (Å²) in [4.78, 5) is 6.41. The molecule has 0 atom stereocenters. The lowest BCUT2D eigenvalue weighted by Crippen LogP contribution is -2.42. The van der Waals surface area contributed by atoms with Crippen LogP contribution in [0.3, 0.4) is 0 Å². The zero-order valence-electron chi connectivity index (χ0n) is 13.8. The maximum Gasteiger partial charge on any atom is 0.264 e. The van der Waals surface area contributed by atoms with Crippen molar-refractivity contribution < 1.29 is 13.2 Å². The van der Waals surface area contributed by atoms with Gasteiger partial charge in [-0.3, -0.25) is 9.29 Å². The number of anilines is 2. The predicted octanol–water partition coefficient (Wildman–Crippen LogP) is 2.26. The van der Waals surface area contributed by atoms with E-state index in [9.17, 15) is 8.42 Å². The van der Waals surface area contributed by atoms with Crippen molar-refractivity contribution in [1.29, 1.82) is 0 Å². The first-order chi connectivity index (χ1) is 11.5. The SMILES string of the molecule is CCOCc1cccc(S(=O)(=O)N2CCN(C)c3ccncc32)c1. The zero-order valence-corrected chi connectivity index (χ0v) is 14.7. The monoisotopic (exact) mass is 347 g/mol. The molecule has 6 nitrogen and oxygen atoms in total. The van der Waals surface area contributed by atoms with E-state index in [2.05, 4.69) is 4.98 Å². The van der Waals surface area contributed by atoms with E-state index in [1.54, 1.807) is 30.6 Å². The van der Waals surface area contributed by atoms with E-state index in [0.29, 0.717) is 32.0 Å². The molecular weight excluding hydrogens is 326 g/mol. The molecule has 1 aliphatic rings. The second-order valence-corrected chi connectivity index (χ2v) is 7.51. The van der Waals surface area contributed by atoms with Gasteiger partial charge >= 0.3 is 0 Å². The number of nitrogens with zero attached hydrogens (tertiary/aromatic N) is 3. The summed E-state index contributed by atoms with van der Waals surface area (Å²) in [5.41, 5.74) is 2.32. The van der Waals surface area contributed by atoms with Crippen LogP contribution in [0.25, 0.3) is 0 Å². The molecular formula is C17H21N3O3S. The van der Waals surface area contributed by atoms with Gasteiger partial charge in [-0.1, -0.05) is 12.1 Å². The summed E-state index contributed by atoms with van der Waals surface area (Å²) in [5, 5.41) is 0. The van der Waals surface area contributed by atoms with Crippen molar-refractivity contribution in [2.24, 2.45) is 0 Å². The average Bonchev–Trinajstić information content (AvgIpc) is 2.60. The molecule has 1 aliphatic heterocycles. The number of ether oxygens (including phenoxy) is 1. The summed E-state index contributed by atoms with van der Waals surface area (Å²) in [6.45, 7) is 3.94. The summed E-state index contributed by atoms with van der Waals surface area (Å²) in [6.07, 6.45) is 3.28. The van der Waals surface area contributed by atoms with E-state index in [4.69, 9.17) is 4.74 Å². The molecule has 0 bridgehead atoms. The van der Waals surface area contributed by atoms with Crippen LogP contribution in [0.5, 0.6) is 0 Å². The van der Waals surface area contributed by atoms with Gasteiger partial charge in [-0.2, -0.15) is 0 Å². The highest BCUT2D eigenvalue weighted by Crippen LogP contribution is 2.34. The molecule has 24 heavy (non-hydrogen) atoms. The summed E-state index contributed by atoms with van der Waals surface area (Å²) < 4.78 is 33.1. The highest BCUT2D eigenvalue weighted by molar-refractivity contribution is 7.92. The Labute approximate surface area is 142 Å². The molecule has 0 radical (unpaired) electrons. The molecule has 0 saturated carbocycles. The molecule has 1 aromatic carbocycles. The lowest BCUT2D eigenvalue weighted by Gasteiger charge is -2.35. The lowest BCUT2D eigenvalue weighted by atomic mass is 10.2. The normalized spacial score (nSPS) is 14.6. The fourth-order valence-corrected chi connectivity index (χ4v) is 4.29. The third-order valence-electron chi connectivity index (χ3n) is 4.06. The van der Waals surface area contributed by atoms with Crippen molar-refractivity contribution in [3.8, 4) is 0 Å². The maximum absolute atomic E-state index is 13.1. The summed E-state index contributed by atoms with van der Waals surface area (Å²) >= 11 is 0. The Hall–Kier alpha value is -2.12. The van der Waals surface area contributed by atoms with E-state index in [-0.39, 0.29) is 4.90 Å². The first kappa shape index (κ1) is 16.7. The van der Waals surface area contributed by atoms with Crippen molar-refractivity contribution >= 4 is 21.4 Å². The average molecular weight is 347 g/mol. The Bertz CT molecular complexity index is 823. The van der Waals surface area contributed by atoms with Gasteiger partial charge in [0, 0.05) is 26.4 Å². The van der Waals surface area contributed by atoms with Gasteiger partial charge in [-0.25, -0.2) is 8.42 Å². The van der Waals surface area contributed by atoms with Crippen LogP contribution in [0, 0.1) is 0 Å². The Kier molecular flexibility index (Phi) is 4.73. The summed E-state index contributed by atoms with van der Waals surface area (Å²) in [5.74, 6) is 0. The molecule has 0 aliphatic carbocycles. The van der Waals surface area contributed by atoms with Crippen LogP contribution < -0.4 is 9.21 Å². The Morgan fingerprint density at radius 2 is 2.04 bits per heavy atom. The first-order valence-electron chi connectivity index (χ1n) is 7.88. The quantitative estimate of drug-likeness (QED) is 0.830. The topological polar surface area (TPSA) is 62.7 Å². The van der Waals surface area contributed by atoms with Crippen molar-refractivity contribution in [2.45, 2.75) is 18.4 Å².